The fourth-order valence-corrected chi connectivity index (χ4v) is 9.16. The molecule has 1 aromatic heterocycles. The standard InChI is InChI=1S/C30H35ClN2O3/c1-27-9-11-29(31)15-22-25(34)26(35)23(33(2)3)16-28(22)10-12-30(29,36-28)24(27)7-6-21(27)19-4-5-20-17-32-13-8-18(20)14-19/h4-6,8,13-15,17,23-26,34-35H,7,9-12,16H2,1-3H3/t23-,24?,25+,26+,27+,28+,29?,30-/m0/s1. The number of aromatic nitrogens is 1. The van der Waals surface area contributed by atoms with Crippen LogP contribution in [0.15, 0.2) is 54.4 Å². The first-order valence-electron chi connectivity index (χ1n) is 13.3. The van der Waals surface area contributed by atoms with Crippen molar-refractivity contribution in [2.45, 2.75) is 79.8 Å². The molecule has 3 heterocycles. The van der Waals surface area contributed by atoms with Crippen LogP contribution in [0.3, 0.4) is 0 Å². The van der Waals surface area contributed by atoms with Gasteiger partial charge in [-0.25, -0.2) is 0 Å². The minimum atomic E-state index is -0.949. The van der Waals surface area contributed by atoms with Crippen LogP contribution in [-0.2, 0) is 4.74 Å². The molecule has 0 radical (unpaired) electrons. The molecule has 2 N–H and O–H groups in total. The van der Waals surface area contributed by atoms with Crippen molar-refractivity contribution in [3.8, 4) is 0 Å². The van der Waals surface area contributed by atoms with Crippen molar-refractivity contribution < 1.29 is 14.9 Å². The van der Waals surface area contributed by atoms with Crippen LogP contribution in [0.2, 0.25) is 0 Å². The summed E-state index contributed by atoms with van der Waals surface area (Å²) in [6, 6.07) is 8.63. The topological polar surface area (TPSA) is 65.8 Å². The zero-order valence-corrected chi connectivity index (χ0v) is 22.0. The lowest BCUT2D eigenvalue weighted by Gasteiger charge is -2.61. The van der Waals surface area contributed by atoms with Crippen LogP contribution < -0.4 is 0 Å². The van der Waals surface area contributed by atoms with E-state index in [1.807, 2.05) is 31.4 Å². The molecule has 36 heavy (non-hydrogen) atoms. The molecule has 6 heteroatoms. The molecular formula is C30H35ClN2O3. The Kier molecular flexibility index (Phi) is 4.82. The van der Waals surface area contributed by atoms with Gasteiger partial charge in [0.25, 0.3) is 0 Å². The fourth-order valence-electron chi connectivity index (χ4n) is 8.68. The molecule has 5 aliphatic rings. The molecule has 1 aromatic carbocycles. The van der Waals surface area contributed by atoms with Crippen LogP contribution in [-0.4, -0.2) is 68.5 Å². The monoisotopic (exact) mass is 506 g/mol. The summed E-state index contributed by atoms with van der Waals surface area (Å²) in [5.41, 5.74) is 2.43. The summed E-state index contributed by atoms with van der Waals surface area (Å²) in [7, 11) is 3.94. The number of halogens is 1. The number of hydrogen-bond donors (Lipinski definition) is 2. The highest BCUT2D eigenvalue weighted by molar-refractivity contribution is 6.26. The van der Waals surface area contributed by atoms with Gasteiger partial charge >= 0.3 is 0 Å². The number of allylic oxidation sites excluding steroid dienone is 2. The summed E-state index contributed by atoms with van der Waals surface area (Å²) >= 11 is 7.55. The smallest absolute Gasteiger partial charge is 0.105 e. The van der Waals surface area contributed by atoms with Gasteiger partial charge in [-0.1, -0.05) is 31.2 Å². The highest BCUT2D eigenvalue weighted by Crippen LogP contribution is 2.71. The van der Waals surface area contributed by atoms with Crippen LogP contribution in [0.25, 0.3) is 16.3 Å². The average molecular weight is 507 g/mol. The van der Waals surface area contributed by atoms with E-state index in [1.54, 1.807) is 0 Å². The number of rotatable bonds is 2. The molecule has 2 spiro atoms. The van der Waals surface area contributed by atoms with Gasteiger partial charge in [0.2, 0.25) is 0 Å². The van der Waals surface area contributed by atoms with E-state index in [0.29, 0.717) is 6.42 Å². The molecule has 7 rings (SSSR count). The number of aliphatic hydroxyl groups is 2. The van der Waals surface area contributed by atoms with Crippen LogP contribution in [0.1, 0.15) is 51.0 Å². The van der Waals surface area contributed by atoms with Gasteiger partial charge in [-0.3, -0.25) is 4.98 Å². The first-order chi connectivity index (χ1) is 17.1. The summed E-state index contributed by atoms with van der Waals surface area (Å²) in [5, 5.41) is 24.5. The Morgan fingerprint density at radius 2 is 1.92 bits per heavy atom. The Hall–Kier alpha value is -1.76. The van der Waals surface area contributed by atoms with Crippen LogP contribution in [0.4, 0.5) is 0 Å². The minimum Gasteiger partial charge on any atom is -0.388 e. The second-order valence-corrected chi connectivity index (χ2v) is 13.1. The van der Waals surface area contributed by atoms with E-state index in [1.165, 1.54) is 16.5 Å². The second kappa shape index (κ2) is 7.42. The molecule has 2 unspecified atom stereocenters. The van der Waals surface area contributed by atoms with Gasteiger partial charge in [-0.05, 0) is 92.3 Å². The third-order valence-corrected chi connectivity index (χ3v) is 11.2. The molecule has 8 atom stereocenters. The number of pyridine rings is 1. The molecule has 2 bridgehead atoms. The lowest BCUT2D eigenvalue weighted by molar-refractivity contribution is -0.199. The maximum Gasteiger partial charge on any atom is 0.105 e. The summed E-state index contributed by atoms with van der Waals surface area (Å²) < 4.78 is 7.28. The summed E-state index contributed by atoms with van der Waals surface area (Å²) in [6.07, 6.45) is 11.6. The average Bonchev–Trinajstić information content (AvgIpc) is 3.39. The molecular weight excluding hydrogens is 472 g/mol. The van der Waals surface area contributed by atoms with Gasteiger partial charge in [0.1, 0.15) is 6.10 Å². The summed E-state index contributed by atoms with van der Waals surface area (Å²) in [4.78, 5) is 5.62. The SMILES string of the molecule is CN(C)[C@H]1C[C@@]23CC[C@]4(O2)C2CC=C(c5ccc6cnccc6c5)[C@@]2(C)CCC4(Cl)C=C3[C@@H](O)[C@@H]1O. The van der Waals surface area contributed by atoms with E-state index in [9.17, 15) is 10.2 Å². The number of fused-ring (bicyclic) bond motifs is 2. The van der Waals surface area contributed by atoms with E-state index in [2.05, 4.69) is 48.3 Å². The minimum absolute atomic E-state index is 0.0380. The van der Waals surface area contributed by atoms with Crippen molar-refractivity contribution in [3.05, 3.63) is 59.9 Å². The van der Waals surface area contributed by atoms with E-state index < -0.39 is 28.3 Å². The zero-order valence-electron chi connectivity index (χ0n) is 21.2. The number of alkyl halides is 1. The van der Waals surface area contributed by atoms with Crippen molar-refractivity contribution in [1.29, 1.82) is 0 Å². The Balaban J connectivity index is 1.30. The number of likely N-dealkylation sites (N-methyl/N-ethyl adjacent to an activating group) is 1. The third kappa shape index (κ3) is 2.79. The Morgan fingerprint density at radius 3 is 2.72 bits per heavy atom. The summed E-state index contributed by atoms with van der Waals surface area (Å²) in [5.74, 6) is 0.262. The van der Waals surface area contributed by atoms with E-state index in [-0.39, 0.29) is 17.4 Å². The molecule has 2 aromatic rings. The van der Waals surface area contributed by atoms with Crippen LogP contribution in [0.5, 0.6) is 0 Å². The number of aliphatic hydroxyl groups excluding tert-OH is 2. The predicted octanol–water partition coefficient (Wildman–Crippen LogP) is 4.70. The Morgan fingerprint density at radius 1 is 1.08 bits per heavy atom. The Labute approximate surface area is 217 Å². The van der Waals surface area contributed by atoms with Crippen molar-refractivity contribution in [2.75, 3.05) is 14.1 Å². The van der Waals surface area contributed by atoms with Gasteiger partial charge in [0, 0.05) is 29.7 Å². The molecule has 2 aliphatic heterocycles. The van der Waals surface area contributed by atoms with Crippen molar-refractivity contribution in [3.63, 3.8) is 0 Å². The van der Waals surface area contributed by atoms with Gasteiger partial charge in [-0.2, -0.15) is 0 Å². The summed E-state index contributed by atoms with van der Waals surface area (Å²) in [6.45, 7) is 2.41. The maximum absolute atomic E-state index is 11.2. The molecule has 2 saturated carbocycles. The van der Waals surface area contributed by atoms with E-state index in [4.69, 9.17) is 16.3 Å². The Bertz CT molecular complexity index is 1320. The lowest BCUT2D eigenvalue weighted by atomic mass is 9.54. The third-order valence-electron chi connectivity index (χ3n) is 10.6. The quantitative estimate of drug-likeness (QED) is 0.456. The first kappa shape index (κ1) is 23.4. The molecule has 0 amide bonds. The molecule has 3 aliphatic carbocycles. The number of nitrogens with zero attached hydrogens (tertiary/aromatic N) is 2. The molecule has 3 fully saturated rings. The normalized spacial score (nSPS) is 45.2. The van der Waals surface area contributed by atoms with Crippen LogP contribution >= 0.6 is 11.6 Å². The van der Waals surface area contributed by atoms with Crippen molar-refractivity contribution in [2.24, 2.45) is 11.3 Å². The zero-order chi connectivity index (χ0) is 25.1. The number of ether oxygens (including phenoxy) is 1. The van der Waals surface area contributed by atoms with Gasteiger partial charge in [0.05, 0.1) is 22.2 Å². The largest absolute Gasteiger partial charge is 0.388 e. The lowest BCUT2D eigenvalue weighted by Crippen LogP contribution is -2.68. The predicted molar refractivity (Wildman–Crippen MR) is 142 cm³/mol. The van der Waals surface area contributed by atoms with E-state index >= 15 is 0 Å². The van der Waals surface area contributed by atoms with Crippen molar-refractivity contribution in [1.82, 2.24) is 9.88 Å². The number of benzene rings is 1. The molecule has 1 saturated heterocycles. The molecule has 5 nitrogen and oxygen atoms in total. The fraction of sp³-hybridized carbons (Fsp3) is 0.567. The molecule has 190 valence electrons. The maximum atomic E-state index is 11.2. The van der Waals surface area contributed by atoms with Gasteiger partial charge < -0.3 is 19.8 Å². The second-order valence-electron chi connectivity index (χ2n) is 12.4. The van der Waals surface area contributed by atoms with Gasteiger partial charge in [-0.15, -0.1) is 11.6 Å². The highest BCUT2D eigenvalue weighted by Gasteiger charge is 2.73. The first-order valence-corrected chi connectivity index (χ1v) is 13.7. The van der Waals surface area contributed by atoms with Crippen LogP contribution in [0, 0.1) is 11.3 Å². The van der Waals surface area contributed by atoms with Gasteiger partial charge in [0.15, 0.2) is 0 Å². The van der Waals surface area contributed by atoms with Crippen molar-refractivity contribution >= 4 is 27.9 Å². The number of hydrogen-bond acceptors (Lipinski definition) is 5. The highest BCUT2D eigenvalue weighted by atomic mass is 35.5. The van der Waals surface area contributed by atoms with E-state index in [0.717, 1.165) is 43.1 Å².